The van der Waals surface area contributed by atoms with Gasteiger partial charge in [-0.15, -0.1) is 10.2 Å². The van der Waals surface area contributed by atoms with Crippen LogP contribution in [0.25, 0.3) is 11.4 Å². The summed E-state index contributed by atoms with van der Waals surface area (Å²) in [5, 5.41) is 14.6. The molecular formula is C20H19F2N5S. The molecule has 0 saturated heterocycles. The number of hydrogen-bond donors (Lipinski definition) is 2. The molecule has 1 aliphatic heterocycles. The van der Waals surface area contributed by atoms with Crippen LogP contribution in [0.1, 0.15) is 25.1 Å². The zero-order chi connectivity index (χ0) is 19.5. The molecule has 0 amide bonds. The van der Waals surface area contributed by atoms with Gasteiger partial charge in [-0.2, -0.15) is 0 Å². The van der Waals surface area contributed by atoms with Gasteiger partial charge < -0.3 is 15.2 Å². The van der Waals surface area contributed by atoms with Gasteiger partial charge >= 0.3 is 0 Å². The molecule has 0 unspecified atom stereocenters. The van der Waals surface area contributed by atoms with Gasteiger partial charge in [-0.25, -0.2) is 8.78 Å². The van der Waals surface area contributed by atoms with Crippen LogP contribution in [0.4, 0.5) is 20.2 Å². The van der Waals surface area contributed by atoms with Crippen LogP contribution in [-0.2, 0) is 13.0 Å². The van der Waals surface area contributed by atoms with Gasteiger partial charge in [-0.1, -0.05) is 6.42 Å². The van der Waals surface area contributed by atoms with E-state index in [2.05, 4.69) is 25.4 Å². The lowest BCUT2D eigenvalue weighted by Crippen LogP contribution is -2.19. The molecule has 144 valence electrons. The van der Waals surface area contributed by atoms with E-state index < -0.39 is 11.6 Å². The Labute approximate surface area is 166 Å². The third kappa shape index (κ3) is 4.01. The van der Waals surface area contributed by atoms with Crippen molar-refractivity contribution in [1.82, 2.24) is 14.8 Å². The maximum atomic E-state index is 13.7. The highest BCUT2D eigenvalue weighted by molar-refractivity contribution is 7.80. The van der Waals surface area contributed by atoms with Crippen molar-refractivity contribution < 1.29 is 8.78 Å². The first kappa shape index (κ1) is 18.5. The molecule has 0 bridgehead atoms. The van der Waals surface area contributed by atoms with Gasteiger partial charge in [-0.3, -0.25) is 0 Å². The summed E-state index contributed by atoms with van der Waals surface area (Å²) in [5.74, 6) is 0.579. The Bertz CT molecular complexity index is 1000. The molecule has 2 aromatic carbocycles. The molecule has 28 heavy (non-hydrogen) atoms. The van der Waals surface area contributed by atoms with Crippen molar-refractivity contribution in [3.05, 3.63) is 59.9 Å². The maximum absolute atomic E-state index is 13.7. The van der Waals surface area contributed by atoms with Crippen LogP contribution in [-0.4, -0.2) is 19.9 Å². The summed E-state index contributed by atoms with van der Waals surface area (Å²) in [4.78, 5) is 0. The van der Waals surface area contributed by atoms with Gasteiger partial charge in [0.15, 0.2) is 10.9 Å². The Hall–Kier alpha value is -2.87. The molecular weight excluding hydrogens is 380 g/mol. The van der Waals surface area contributed by atoms with Crippen molar-refractivity contribution in [2.45, 2.75) is 32.2 Å². The number of nitrogens with zero attached hydrogens (tertiary/aromatic N) is 3. The fraction of sp³-hybridized carbons (Fsp3) is 0.250. The van der Waals surface area contributed by atoms with Gasteiger partial charge in [0.05, 0.1) is 5.69 Å². The van der Waals surface area contributed by atoms with E-state index in [1.807, 2.05) is 24.3 Å². The maximum Gasteiger partial charge on any atom is 0.175 e. The van der Waals surface area contributed by atoms with Crippen LogP contribution < -0.4 is 10.6 Å². The van der Waals surface area contributed by atoms with Crippen molar-refractivity contribution in [3.63, 3.8) is 0 Å². The second kappa shape index (κ2) is 8.02. The van der Waals surface area contributed by atoms with E-state index >= 15 is 0 Å². The minimum atomic E-state index is -0.702. The Kier molecular flexibility index (Phi) is 5.29. The normalized spacial score (nSPS) is 13.5. The van der Waals surface area contributed by atoms with E-state index in [-0.39, 0.29) is 10.8 Å². The van der Waals surface area contributed by atoms with Crippen molar-refractivity contribution in [3.8, 4) is 11.4 Å². The molecule has 4 rings (SSSR count). The standard InChI is InChI=1S/C20H19F2N5S/c21-14-7-10-17(16(22)12-14)24-20(28)23-15-8-5-13(6-9-15)19-26-25-18-4-2-1-3-11-27(18)19/h5-10,12H,1-4,11H2,(H2,23,24,28). The van der Waals surface area contributed by atoms with Crippen molar-refractivity contribution in [2.75, 3.05) is 10.6 Å². The molecule has 0 saturated carbocycles. The van der Waals surface area contributed by atoms with E-state index in [4.69, 9.17) is 12.2 Å². The number of nitrogens with one attached hydrogen (secondary N) is 2. The lowest BCUT2D eigenvalue weighted by Gasteiger charge is -2.12. The third-order valence-corrected chi connectivity index (χ3v) is 4.89. The van der Waals surface area contributed by atoms with E-state index in [9.17, 15) is 8.78 Å². The topological polar surface area (TPSA) is 54.8 Å². The number of fused-ring (bicyclic) bond motifs is 1. The fourth-order valence-corrected chi connectivity index (χ4v) is 3.50. The summed E-state index contributed by atoms with van der Waals surface area (Å²) in [6.45, 7) is 0.939. The molecule has 0 fully saturated rings. The quantitative estimate of drug-likeness (QED) is 0.622. The average molecular weight is 399 g/mol. The summed E-state index contributed by atoms with van der Waals surface area (Å²) in [5.41, 5.74) is 1.84. The predicted octanol–water partition coefficient (Wildman–Crippen LogP) is 4.76. The highest BCUT2D eigenvalue weighted by Crippen LogP contribution is 2.24. The van der Waals surface area contributed by atoms with Gasteiger partial charge in [0, 0.05) is 30.3 Å². The molecule has 1 aromatic heterocycles. The molecule has 0 atom stereocenters. The molecule has 2 N–H and O–H groups in total. The first-order chi connectivity index (χ1) is 13.6. The van der Waals surface area contributed by atoms with Crippen LogP contribution in [0, 0.1) is 11.6 Å². The summed E-state index contributed by atoms with van der Waals surface area (Å²) >= 11 is 5.21. The minimum absolute atomic E-state index is 0.113. The van der Waals surface area contributed by atoms with Gasteiger partial charge in [0.1, 0.15) is 17.5 Å². The molecule has 5 nitrogen and oxygen atoms in total. The first-order valence-electron chi connectivity index (χ1n) is 9.16. The molecule has 1 aliphatic rings. The predicted molar refractivity (Wildman–Crippen MR) is 109 cm³/mol. The van der Waals surface area contributed by atoms with Crippen LogP contribution in [0.2, 0.25) is 0 Å². The van der Waals surface area contributed by atoms with Crippen LogP contribution in [0.5, 0.6) is 0 Å². The van der Waals surface area contributed by atoms with Crippen molar-refractivity contribution in [1.29, 1.82) is 0 Å². The number of aromatic nitrogens is 3. The van der Waals surface area contributed by atoms with E-state index in [0.29, 0.717) is 0 Å². The number of benzene rings is 2. The molecule has 3 aromatic rings. The number of anilines is 2. The Balaban J connectivity index is 1.45. The number of thiocarbonyl (C=S) groups is 1. The fourth-order valence-electron chi connectivity index (χ4n) is 3.28. The lowest BCUT2D eigenvalue weighted by molar-refractivity contribution is 0.586. The zero-order valence-electron chi connectivity index (χ0n) is 15.1. The summed E-state index contributed by atoms with van der Waals surface area (Å²) in [6, 6.07) is 10.9. The van der Waals surface area contributed by atoms with Crippen LogP contribution in [0.15, 0.2) is 42.5 Å². The number of rotatable bonds is 3. The van der Waals surface area contributed by atoms with Gasteiger partial charge in [0.2, 0.25) is 0 Å². The molecule has 0 radical (unpaired) electrons. The Morgan fingerprint density at radius 2 is 1.79 bits per heavy atom. The smallest absolute Gasteiger partial charge is 0.175 e. The van der Waals surface area contributed by atoms with E-state index in [1.165, 1.54) is 18.6 Å². The summed E-state index contributed by atoms with van der Waals surface area (Å²) < 4.78 is 28.9. The van der Waals surface area contributed by atoms with Crippen molar-refractivity contribution >= 4 is 28.7 Å². The first-order valence-corrected chi connectivity index (χ1v) is 9.56. The minimum Gasteiger partial charge on any atom is -0.332 e. The zero-order valence-corrected chi connectivity index (χ0v) is 15.9. The summed E-state index contributed by atoms with van der Waals surface area (Å²) in [6.07, 6.45) is 4.47. The second-order valence-electron chi connectivity index (χ2n) is 6.68. The Morgan fingerprint density at radius 3 is 2.57 bits per heavy atom. The van der Waals surface area contributed by atoms with Crippen molar-refractivity contribution in [2.24, 2.45) is 0 Å². The SMILES string of the molecule is Fc1ccc(NC(=S)Nc2ccc(-c3nnc4n3CCCCC4)cc2)c(F)c1. The summed E-state index contributed by atoms with van der Waals surface area (Å²) in [7, 11) is 0. The Morgan fingerprint density at radius 1 is 0.964 bits per heavy atom. The molecule has 0 spiro atoms. The average Bonchev–Trinajstić information content (AvgIpc) is 2.93. The highest BCUT2D eigenvalue weighted by Gasteiger charge is 2.16. The number of halogens is 2. The van der Waals surface area contributed by atoms with Gasteiger partial charge in [0.25, 0.3) is 0 Å². The second-order valence-corrected chi connectivity index (χ2v) is 7.09. The third-order valence-electron chi connectivity index (χ3n) is 4.69. The monoisotopic (exact) mass is 399 g/mol. The van der Waals surface area contributed by atoms with E-state index in [0.717, 1.165) is 54.8 Å². The van der Waals surface area contributed by atoms with Crippen LogP contribution in [0.3, 0.4) is 0 Å². The van der Waals surface area contributed by atoms with E-state index in [1.54, 1.807) is 0 Å². The lowest BCUT2D eigenvalue weighted by atomic mass is 10.2. The van der Waals surface area contributed by atoms with Gasteiger partial charge in [-0.05, 0) is 61.5 Å². The largest absolute Gasteiger partial charge is 0.332 e. The highest BCUT2D eigenvalue weighted by atomic mass is 32.1. The molecule has 0 aliphatic carbocycles. The molecule has 2 heterocycles. The van der Waals surface area contributed by atoms with Crippen LogP contribution >= 0.6 is 12.2 Å². The number of aryl methyl sites for hydroxylation is 1. The molecule has 8 heteroatoms. The number of hydrogen-bond acceptors (Lipinski definition) is 3.